The number of likely N-dealkylation sites (tertiary alicyclic amines) is 1. The van der Waals surface area contributed by atoms with E-state index in [0.29, 0.717) is 51.2 Å². The number of carbonyl (C=O) groups is 3. The second-order valence-corrected chi connectivity index (χ2v) is 10.7. The molecule has 3 N–H and O–H groups in total. The molecule has 2 heterocycles. The summed E-state index contributed by atoms with van der Waals surface area (Å²) in [4.78, 5) is 44.0. The van der Waals surface area contributed by atoms with Gasteiger partial charge in [-0.25, -0.2) is 4.79 Å². The first-order valence-corrected chi connectivity index (χ1v) is 14.6. The summed E-state index contributed by atoms with van der Waals surface area (Å²) in [7, 11) is 0. The maximum atomic E-state index is 13.1. The van der Waals surface area contributed by atoms with Crippen LogP contribution in [0, 0.1) is 0 Å². The van der Waals surface area contributed by atoms with E-state index >= 15 is 0 Å². The van der Waals surface area contributed by atoms with Crippen LogP contribution in [0.4, 0.5) is 0 Å². The number of phenols is 2. The predicted molar refractivity (Wildman–Crippen MR) is 158 cm³/mol. The minimum Gasteiger partial charge on any atom is -0.507 e. The molecule has 230 valence electrons. The Kier molecular flexibility index (Phi) is 13.1. The van der Waals surface area contributed by atoms with E-state index in [0.717, 1.165) is 25.3 Å². The fraction of sp³-hybridized carbons (Fsp3) is 0.533. The van der Waals surface area contributed by atoms with Crippen molar-refractivity contribution in [1.82, 2.24) is 10.2 Å². The number of hydrogen-bond acceptors (Lipinski definition) is 9. The Labute approximate surface area is 251 Å². The van der Waals surface area contributed by atoms with Crippen molar-refractivity contribution in [1.29, 1.82) is 0 Å². The first kappa shape index (κ1) is 32.9. The number of allylic oxidation sites excluding steroid dienone is 1. The third-order valence-corrected chi connectivity index (χ3v) is 7.22. The first-order chi connectivity index (χ1) is 20.2. The number of nitrogens with zero attached hydrogens (tertiary/aromatic N) is 2. The summed E-state index contributed by atoms with van der Waals surface area (Å²) < 4.78 is 11.6. The molecule has 1 fully saturated rings. The normalized spacial score (nSPS) is 22.4. The van der Waals surface area contributed by atoms with Crippen molar-refractivity contribution in [2.75, 3.05) is 32.8 Å². The zero-order valence-corrected chi connectivity index (χ0v) is 24.9. The number of nitrogens with one attached hydrogen (secondary N) is 1. The molecule has 1 aromatic rings. The van der Waals surface area contributed by atoms with E-state index in [-0.39, 0.29) is 47.1 Å². The molecule has 2 aliphatic heterocycles. The molecule has 1 unspecified atom stereocenters. The lowest BCUT2D eigenvalue weighted by Crippen LogP contribution is -2.37. The van der Waals surface area contributed by atoms with Gasteiger partial charge in [0, 0.05) is 52.1 Å². The lowest BCUT2D eigenvalue weighted by Gasteiger charge is -2.26. The summed E-state index contributed by atoms with van der Waals surface area (Å²) in [5.41, 5.74) is 0.219. The van der Waals surface area contributed by atoms with Gasteiger partial charge in [-0.1, -0.05) is 35.0 Å². The van der Waals surface area contributed by atoms with Crippen LogP contribution < -0.4 is 5.32 Å². The number of fused-ring (bicyclic) bond motifs is 1. The summed E-state index contributed by atoms with van der Waals surface area (Å²) in [5, 5.41) is 27.6. The van der Waals surface area contributed by atoms with Crippen LogP contribution in [0.25, 0.3) is 0 Å². The molecule has 1 aromatic carbocycles. The van der Waals surface area contributed by atoms with Crippen molar-refractivity contribution < 1.29 is 38.9 Å². The zero-order valence-electron chi connectivity index (χ0n) is 24.1. The molecule has 0 spiro atoms. The van der Waals surface area contributed by atoms with Gasteiger partial charge >= 0.3 is 5.97 Å². The number of esters is 1. The van der Waals surface area contributed by atoms with Gasteiger partial charge in [-0.15, -0.1) is 0 Å². The molecule has 42 heavy (non-hydrogen) atoms. The molecule has 2 aliphatic rings. The fourth-order valence-electron chi connectivity index (χ4n) is 4.61. The largest absolute Gasteiger partial charge is 0.507 e. The molecule has 0 aromatic heterocycles. The van der Waals surface area contributed by atoms with E-state index in [1.165, 1.54) is 6.92 Å². The minimum atomic E-state index is -0.808. The second kappa shape index (κ2) is 16.8. The first-order valence-electron chi connectivity index (χ1n) is 14.3. The van der Waals surface area contributed by atoms with E-state index in [2.05, 4.69) is 10.5 Å². The number of halogens is 1. The number of benzene rings is 1. The topological polar surface area (TPSA) is 147 Å². The smallest absolute Gasteiger partial charge is 0.342 e. The molecule has 0 bridgehead atoms. The fourth-order valence-corrected chi connectivity index (χ4v) is 4.82. The van der Waals surface area contributed by atoms with E-state index in [1.54, 1.807) is 17.9 Å². The molecule has 3 rings (SSSR count). The predicted octanol–water partition coefficient (Wildman–Crippen LogP) is 4.04. The highest BCUT2D eigenvalue weighted by molar-refractivity contribution is 6.33. The number of piperidine rings is 1. The zero-order chi connectivity index (χ0) is 30.5. The van der Waals surface area contributed by atoms with Crippen LogP contribution in [0.5, 0.6) is 11.5 Å². The van der Waals surface area contributed by atoms with Crippen molar-refractivity contribution in [2.24, 2.45) is 5.16 Å². The number of cyclic esters (lactones) is 1. The highest BCUT2D eigenvalue weighted by Crippen LogP contribution is 2.37. The van der Waals surface area contributed by atoms with Crippen LogP contribution >= 0.6 is 11.6 Å². The Morgan fingerprint density at radius 1 is 1.17 bits per heavy atom. The number of amides is 2. The Balaban J connectivity index is 1.86. The highest BCUT2D eigenvalue weighted by atomic mass is 35.5. The van der Waals surface area contributed by atoms with E-state index in [1.807, 2.05) is 18.2 Å². The number of ether oxygens (including phenoxy) is 2. The SMILES string of the molecule is CC(=O)NCCCOC1/C=C/C[C@@H](C)OC(=O)c2c(O)cc(O)c(Cl)c2CC(=N/OCC(=O)N2CCCCC2)/C=C/C1. The molecule has 0 aliphatic carbocycles. The summed E-state index contributed by atoms with van der Waals surface area (Å²) in [5.74, 6) is -1.97. The Hall–Kier alpha value is -3.57. The Morgan fingerprint density at radius 3 is 2.67 bits per heavy atom. The van der Waals surface area contributed by atoms with Crippen molar-refractivity contribution >= 4 is 35.1 Å². The van der Waals surface area contributed by atoms with Gasteiger partial charge in [-0.2, -0.15) is 0 Å². The number of phenolic OH excluding ortho intramolecular Hbond substituents is 2. The lowest BCUT2D eigenvalue weighted by atomic mass is 9.99. The monoisotopic (exact) mass is 605 g/mol. The highest BCUT2D eigenvalue weighted by Gasteiger charge is 2.26. The van der Waals surface area contributed by atoms with Crippen molar-refractivity contribution in [3.63, 3.8) is 0 Å². The minimum absolute atomic E-state index is 0.102. The summed E-state index contributed by atoms with van der Waals surface area (Å²) in [6.07, 6.45) is 10.7. The van der Waals surface area contributed by atoms with Gasteiger partial charge in [0.1, 0.15) is 23.2 Å². The van der Waals surface area contributed by atoms with Crippen LogP contribution in [0.1, 0.15) is 68.3 Å². The molecule has 1 saturated heterocycles. The number of carbonyl (C=O) groups excluding carboxylic acids is 3. The average Bonchev–Trinajstić information content (AvgIpc) is 2.94. The van der Waals surface area contributed by atoms with Gasteiger partial charge in [0.15, 0.2) is 6.61 Å². The van der Waals surface area contributed by atoms with Crippen molar-refractivity contribution in [3.05, 3.63) is 46.5 Å². The number of aromatic hydroxyl groups is 2. The number of rotatable bonds is 8. The molecule has 11 nitrogen and oxygen atoms in total. The van der Waals surface area contributed by atoms with Crippen LogP contribution in [0.2, 0.25) is 5.02 Å². The van der Waals surface area contributed by atoms with Crippen LogP contribution in [0.15, 0.2) is 35.5 Å². The third-order valence-electron chi connectivity index (χ3n) is 6.79. The number of oxime groups is 1. The van der Waals surface area contributed by atoms with Gasteiger partial charge < -0.3 is 34.7 Å². The van der Waals surface area contributed by atoms with Gasteiger partial charge in [-0.05, 0) is 50.7 Å². The van der Waals surface area contributed by atoms with E-state index in [4.69, 9.17) is 25.9 Å². The molecule has 2 atom stereocenters. The molecule has 0 radical (unpaired) electrons. The average molecular weight is 606 g/mol. The second-order valence-electron chi connectivity index (χ2n) is 10.3. The summed E-state index contributed by atoms with van der Waals surface area (Å²) in [6, 6.07) is 0.991. The Morgan fingerprint density at radius 2 is 1.93 bits per heavy atom. The lowest BCUT2D eigenvalue weighted by molar-refractivity contribution is -0.137. The van der Waals surface area contributed by atoms with Gasteiger partial charge in [0.2, 0.25) is 5.91 Å². The van der Waals surface area contributed by atoms with Gasteiger partial charge in [-0.3, -0.25) is 9.59 Å². The van der Waals surface area contributed by atoms with Crippen LogP contribution in [-0.2, 0) is 30.3 Å². The summed E-state index contributed by atoms with van der Waals surface area (Å²) in [6.45, 7) is 5.19. The summed E-state index contributed by atoms with van der Waals surface area (Å²) >= 11 is 6.41. The van der Waals surface area contributed by atoms with E-state index < -0.39 is 23.6 Å². The van der Waals surface area contributed by atoms with Crippen LogP contribution in [0.3, 0.4) is 0 Å². The molecule has 0 saturated carbocycles. The van der Waals surface area contributed by atoms with Crippen LogP contribution in [-0.4, -0.2) is 83.7 Å². The third kappa shape index (κ3) is 10.4. The standard InChI is InChI=1S/C30H40ClN3O8/c1-20-9-6-11-23(40-16-8-13-32-21(2)35)12-7-10-22(33-41-19-27(38)34-14-4-3-5-15-34)17-24-28(30(39)42-20)25(36)18-26(37)29(24)31/h6-7,10-11,18,20,23,36-37H,3-5,8-9,12-17,19H2,1-2H3,(H,32,35)/b10-7+,11-6+,33-22+/t20-,23?/m1/s1. The number of hydrogen-bond donors (Lipinski definition) is 3. The quantitative estimate of drug-likeness (QED) is 0.174. The molecular weight excluding hydrogens is 566 g/mol. The molecule has 12 heteroatoms. The van der Waals surface area contributed by atoms with Crippen molar-refractivity contribution in [2.45, 2.75) is 71.0 Å². The maximum Gasteiger partial charge on any atom is 0.342 e. The molecular formula is C30H40ClN3O8. The van der Waals surface area contributed by atoms with Gasteiger partial charge in [0.05, 0.1) is 16.8 Å². The van der Waals surface area contributed by atoms with Gasteiger partial charge in [0.25, 0.3) is 5.91 Å². The van der Waals surface area contributed by atoms with E-state index in [9.17, 15) is 24.6 Å². The van der Waals surface area contributed by atoms with Crippen molar-refractivity contribution in [3.8, 4) is 11.5 Å². The molecule has 2 amide bonds. The Bertz CT molecular complexity index is 1190. The maximum absolute atomic E-state index is 13.1.